The average molecular weight is 292 g/mol. The van der Waals surface area contributed by atoms with Crippen LogP contribution in [0.4, 0.5) is 0 Å². The van der Waals surface area contributed by atoms with E-state index in [4.69, 9.17) is 0 Å². The van der Waals surface area contributed by atoms with Crippen LogP contribution in [0.2, 0.25) is 0 Å². The van der Waals surface area contributed by atoms with Crippen molar-refractivity contribution in [2.24, 2.45) is 5.41 Å². The standard InChI is InChI=1S/C15H33NO2S/c1-8-15(9-2,12-16-14(5,6)7)10-11-19(17,18)13(3)4/h13,16H,8-12H2,1-7H3. The van der Waals surface area contributed by atoms with Crippen molar-refractivity contribution in [2.75, 3.05) is 12.3 Å². The van der Waals surface area contributed by atoms with Gasteiger partial charge in [0.15, 0.2) is 9.84 Å². The number of sulfone groups is 1. The first kappa shape index (κ1) is 18.9. The molecule has 19 heavy (non-hydrogen) atoms. The predicted molar refractivity (Wildman–Crippen MR) is 84.3 cm³/mol. The van der Waals surface area contributed by atoms with E-state index >= 15 is 0 Å². The van der Waals surface area contributed by atoms with Crippen molar-refractivity contribution >= 4 is 9.84 Å². The topological polar surface area (TPSA) is 46.2 Å². The molecular weight excluding hydrogens is 258 g/mol. The van der Waals surface area contributed by atoms with Crippen LogP contribution in [0.15, 0.2) is 0 Å². The van der Waals surface area contributed by atoms with E-state index in [9.17, 15) is 8.42 Å². The molecule has 0 saturated carbocycles. The van der Waals surface area contributed by atoms with Gasteiger partial charge in [-0.05, 0) is 59.3 Å². The number of rotatable bonds is 8. The molecule has 0 aliphatic carbocycles. The van der Waals surface area contributed by atoms with E-state index in [0.29, 0.717) is 5.75 Å². The minimum atomic E-state index is -2.93. The maximum atomic E-state index is 12.0. The molecule has 0 aromatic carbocycles. The highest BCUT2D eigenvalue weighted by Crippen LogP contribution is 2.31. The van der Waals surface area contributed by atoms with Gasteiger partial charge in [-0.2, -0.15) is 0 Å². The summed E-state index contributed by atoms with van der Waals surface area (Å²) < 4.78 is 24.0. The maximum absolute atomic E-state index is 12.0. The third-order valence-corrected chi connectivity index (χ3v) is 6.34. The fraction of sp³-hybridized carbons (Fsp3) is 1.00. The number of nitrogens with one attached hydrogen (secondary N) is 1. The Bertz CT molecular complexity index is 349. The summed E-state index contributed by atoms with van der Waals surface area (Å²) >= 11 is 0. The Hall–Kier alpha value is -0.0900. The zero-order valence-corrected chi connectivity index (χ0v) is 14.7. The van der Waals surface area contributed by atoms with Crippen molar-refractivity contribution in [3.8, 4) is 0 Å². The van der Waals surface area contributed by atoms with Gasteiger partial charge in [-0.1, -0.05) is 13.8 Å². The van der Waals surface area contributed by atoms with Crippen molar-refractivity contribution in [1.82, 2.24) is 5.32 Å². The molecule has 0 aromatic rings. The van der Waals surface area contributed by atoms with E-state index in [-0.39, 0.29) is 16.2 Å². The minimum absolute atomic E-state index is 0.0759. The first-order valence-corrected chi connectivity index (χ1v) is 9.16. The van der Waals surface area contributed by atoms with Gasteiger partial charge in [0.25, 0.3) is 0 Å². The van der Waals surface area contributed by atoms with Crippen LogP contribution in [-0.2, 0) is 9.84 Å². The highest BCUT2D eigenvalue weighted by molar-refractivity contribution is 7.91. The Morgan fingerprint density at radius 3 is 1.84 bits per heavy atom. The monoisotopic (exact) mass is 291 g/mol. The predicted octanol–water partition coefficient (Wildman–Crippen LogP) is 3.39. The van der Waals surface area contributed by atoms with E-state index in [1.54, 1.807) is 13.8 Å². The highest BCUT2D eigenvalue weighted by atomic mass is 32.2. The summed E-state index contributed by atoms with van der Waals surface area (Å²) in [4.78, 5) is 0. The van der Waals surface area contributed by atoms with E-state index in [1.807, 2.05) is 0 Å². The highest BCUT2D eigenvalue weighted by Gasteiger charge is 2.30. The Morgan fingerprint density at radius 1 is 1.05 bits per heavy atom. The van der Waals surface area contributed by atoms with Gasteiger partial charge in [-0.15, -0.1) is 0 Å². The summed E-state index contributed by atoms with van der Waals surface area (Å²) in [6.07, 6.45) is 2.78. The average Bonchev–Trinajstić information content (AvgIpc) is 2.29. The molecular formula is C15H33NO2S. The van der Waals surface area contributed by atoms with Crippen LogP contribution in [0.25, 0.3) is 0 Å². The van der Waals surface area contributed by atoms with Crippen LogP contribution in [0.3, 0.4) is 0 Å². The van der Waals surface area contributed by atoms with Gasteiger partial charge < -0.3 is 5.32 Å². The van der Waals surface area contributed by atoms with Crippen LogP contribution in [0.5, 0.6) is 0 Å². The Kier molecular flexibility index (Phi) is 7.04. The molecule has 0 aromatic heterocycles. The molecule has 0 unspecified atom stereocenters. The van der Waals surface area contributed by atoms with Gasteiger partial charge >= 0.3 is 0 Å². The van der Waals surface area contributed by atoms with Crippen LogP contribution >= 0.6 is 0 Å². The van der Waals surface area contributed by atoms with Crippen molar-refractivity contribution in [1.29, 1.82) is 0 Å². The molecule has 0 amide bonds. The van der Waals surface area contributed by atoms with Crippen LogP contribution in [0.1, 0.15) is 67.7 Å². The zero-order chi connectivity index (χ0) is 15.3. The molecule has 0 bridgehead atoms. The molecule has 3 nitrogen and oxygen atoms in total. The summed E-state index contributed by atoms with van der Waals surface area (Å²) in [7, 11) is -2.93. The molecule has 0 heterocycles. The van der Waals surface area contributed by atoms with Gasteiger partial charge in [0, 0.05) is 12.1 Å². The fourth-order valence-corrected chi connectivity index (χ4v) is 3.18. The first-order valence-electron chi connectivity index (χ1n) is 7.44. The van der Waals surface area contributed by atoms with E-state index in [2.05, 4.69) is 39.9 Å². The first-order chi connectivity index (χ1) is 8.48. The molecule has 0 radical (unpaired) electrons. The van der Waals surface area contributed by atoms with Gasteiger partial charge in [-0.3, -0.25) is 0 Å². The SMILES string of the molecule is CCC(CC)(CCS(=O)(=O)C(C)C)CNC(C)(C)C. The molecule has 4 heteroatoms. The third-order valence-electron chi connectivity index (χ3n) is 4.13. The Balaban J connectivity index is 4.73. The van der Waals surface area contributed by atoms with E-state index in [0.717, 1.165) is 25.8 Å². The largest absolute Gasteiger partial charge is 0.312 e. The second-order valence-electron chi connectivity index (χ2n) is 6.98. The lowest BCUT2D eigenvalue weighted by atomic mass is 9.79. The fourth-order valence-electron chi connectivity index (χ4n) is 1.99. The van der Waals surface area contributed by atoms with E-state index < -0.39 is 9.84 Å². The minimum Gasteiger partial charge on any atom is -0.312 e. The normalized spacial score (nSPS) is 14.1. The lowest BCUT2D eigenvalue weighted by molar-refractivity contribution is 0.214. The summed E-state index contributed by atoms with van der Waals surface area (Å²) in [6, 6.07) is 0. The molecule has 0 rings (SSSR count). The number of hydrogen-bond acceptors (Lipinski definition) is 3. The molecule has 0 aliphatic rings. The van der Waals surface area contributed by atoms with Crippen molar-refractivity contribution in [2.45, 2.75) is 78.5 Å². The molecule has 116 valence electrons. The Morgan fingerprint density at radius 2 is 1.53 bits per heavy atom. The summed E-state index contributed by atoms with van der Waals surface area (Å²) in [5.41, 5.74) is 0.168. The van der Waals surface area contributed by atoms with E-state index in [1.165, 1.54) is 0 Å². The second-order valence-corrected chi connectivity index (χ2v) is 9.65. The van der Waals surface area contributed by atoms with Crippen molar-refractivity contribution in [3.05, 3.63) is 0 Å². The van der Waals surface area contributed by atoms with Crippen LogP contribution < -0.4 is 5.32 Å². The van der Waals surface area contributed by atoms with Crippen LogP contribution in [0, 0.1) is 5.41 Å². The summed E-state index contributed by atoms with van der Waals surface area (Å²) in [5.74, 6) is 0.304. The van der Waals surface area contributed by atoms with Gasteiger partial charge in [-0.25, -0.2) is 8.42 Å². The summed E-state index contributed by atoms with van der Waals surface area (Å²) in [5, 5.41) is 3.27. The smallest absolute Gasteiger partial charge is 0.152 e. The van der Waals surface area contributed by atoms with Gasteiger partial charge in [0.2, 0.25) is 0 Å². The zero-order valence-electron chi connectivity index (χ0n) is 13.8. The maximum Gasteiger partial charge on any atom is 0.152 e. The quantitative estimate of drug-likeness (QED) is 0.745. The molecule has 1 N–H and O–H groups in total. The third kappa shape index (κ3) is 6.75. The molecule has 0 spiro atoms. The lowest BCUT2D eigenvalue weighted by Crippen LogP contribution is -2.44. The molecule has 0 fully saturated rings. The molecule has 0 atom stereocenters. The number of hydrogen-bond donors (Lipinski definition) is 1. The van der Waals surface area contributed by atoms with Crippen molar-refractivity contribution < 1.29 is 8.42 Å². The summed E-state index contributed by atoms with van der Waals surface area (Å²) in [6.45, 7) is 15.2. The Labute approximate surface area is 120 Å². The lowest BCUT2D eigenvalue weighted by Gasteiger charge is -2.35. The molecule has 0 saturated heterocycles. The van der Waals surface area contributed by atoms with Crippen LogP contribution in [-0.4, -0.2) is 31.5 Å². The van der Waals surface area contributed by atoms with Crippen molar-refractivity contribution in [3.63, 3.8) is 0 Å². The van der Waals surface area contributed by atoms with Gasteiger partial charge in [0.05, 0.1) is 11.0 Å². The van der Waals surface area contributed by atoms with Gasteiger partial charge in [0.1, 0.15) is 0 Å². The molecule has 0 aliphatic heterocycles. The second kappa shape index (κ2) is 7.07.